The largest absolute Gasteiger partial charge is 0.271 e. The molecule has 1 aliphatic carbocycles. The Hall–Kier alpha value is -0.380. The quantitative estimate of drug-likeness (QED) is 0.561. The maximum absolute atomic E-state index is 5.53. The highest BCUT2D eigenvalue weighted by Gasteiger charge is 2.22. The monoisotopic (exact) mass is 196 g/mol. The van der Waals surface area contributed by atoms with E-state index in [0.29, 0.717) is 6.04 Å². The van der Waals surface area contributed by atoms with Crippen LogP contribution in [-0.4, -0.2) is 0 Å². The van der Waals surface area contributed by atoms with Gasteiger partial charge in [-0.3, -0.25) is 11.3 Å². The molecule has 72 valence electrons. The normalized spacial score (nSPS) is 18.8. The van der Waals surface area contributed by atoms with Crippen LogP contribution in [0.2, 0.25) is 0 Å². The SMILES string of the molecule is NNC(CCC1CC1)c1cccs1. The molecule has 1 unspecified atom stereocenters. The summed E-state index contributed by atoms with van der Waals surface area (Å²) in [5.41, 5.74) is 2.90. The van der Waals surface area contributed by atoms with Crippen LogP contribution < -0.4 is 11.3 Å². The molecule has 1 aromatic rings. The second-order valence-electron chi connectivity index (χ2n) is 3.76. The third kappa shape index (κ3) is 2.53. The smallest absolute Gasteiger partial charge is 0.0553 e. The zero-order chi connectivity index (χ0) is 9.10. The first-order chi connectivity index (χ1) is 6.40. The van der Waals surface area contributed by atoms with Crippen molar-refractivity contribution in [1.29, 1.82) is 0 Å². The van der Waals surface area contributed by atoms with Crippen molar-refractivity contribution >= 4 is 11.3 Å². The number of thiophene rings is 1. The molecular weight excluding hydrogens is 180 g/mol. The van der Waals surface area contributed by atoms with Gasteiger partial charge in [0, 0.05) is 4.88 Å². The van der Waals surface area contributed by atoms with Gasteiger partial charge in [-0.25, -0.2) is 0 Å². The van der Waals surface area contributed by atoms with E-state index >= 15 is 0 Å². The van der Waals surface area contributed by atoms with E-state index in [-0.39, 0.29) is 0 Å². The third-order valence-electron chi connectivity index (χ3n) is 2.65. The van der Waals surface area contributed by atoms with E-state index < -0.39 is 0 Å². The average molecular weight is 196 g/mol. The average Bonchev–Trinajstić information content (AvgIpc) is 2.81. The number of nitrogens with two attached hydrogens (primary N) is 1. The summed E-state index contributed by atoms with van der Waals surface area (Å²) in [6.07, 6.45) is 5.37. The van der Waals surface area contributed by atoms with Crippen LogP contribution in [0, 0.1) is 5.92 Å². The molecule has 2 nitrogen and oxygen atoms in total. The Morgan fingerprint density at radius 1 is 1.62 bits per heavy atom. The summed E-state index contributed by atoms with van der Waals surface area (Å²) in [6, 6.07) is 4.62. The van der Waals surface area contributed by atoms with Crippen molar-refractivity contribution in [1.82, 2.24) is 5.43 Å². The Kier molecular flexibility index (Phi) is 2.98. The van der Waals surface area contributed by atoms with Crippen LogP contribution in [0.25, 0.3) is 0 Å². The molecule has 1 aromatic heterocycles. The molecule has 0 saturated heterocycles. The van der Waals surface area contributed by atoms with E-state index in [9.17, 15) is 0 Å². The van der Waals surface area contributed by atoms with Crippen LogP contribution in [-0.2, 0) is 0 Å². The molecule has 0 amide bonds. The number of nitrogens with one attached hydrogen (secondary N) is 1. The van der Waals surface area contributed by atoms with Gasteiger partial charge in [0.2, 0.25) is 0 Å². The standard InChI is InChI=1S/C10H16N2S/c11-12-9(6-5-8-3-4-8)10-2-1-7-13-10/h1-2,7-9,12H,3-6,11H2. The van der Waals surface area contributed by atoms with Gasteiger partial charge in [0.1, 0.15) is 0 Å². The molecule has 1 fully saturated rings. The molecule has 0 bridgehead atoms. The van der Waals surface area contributed by atoms with Gasteiger partial charge in [-0.2, -0.15) is 0 Å². The predicted octanol–water partition coefficient (Wildman–Crippen LogP) is 2.44. The number of hydrogen-bond acceptors (Lipinski definition) is 3. The zero-order valence-corrected chi connectivity index (χ0v) is 8.52. The molecule has 2 rings (SSSR count). The van der Waals surface area contributed by atoms with Gasteiger partial charge in [0.25, 0.3) is 0 Å². The number of hydrogen-bond donors (Lipinski definition) is 2. The second kappa shape index (κ2) is 4.22. The summed E-state index contributed by atoms with van der Waals surface area (Å²) in [5.74, 6) is 6.52. The van der Waals surface area contributed by atoms with E-state index in [4.69, 9.17) is 5.84 Å². The molecule has 1 aliphatic rings. The first-order valence-electron chi connectivity index (χ1n) is 4.89. The Morgan fingerprint density at radius 3 is 3.00 bits per heavy atom. The molecular formula is C10H16N2S. The molecule has 1 atom stereocenters. The highest BCUT2D eigenvalue weighted by molar-refractivity contribution is 7.10. The molecule has 13 heavy (non-hydrogen) atoms. The maximum atomic E-state index is 5.53. The van der Waals surface area contributed by atoms with Crippen molar-refractivity contribution in [3.63, 3.8) is 0 Å². The predicted molar refractivity (Wildman–Crippen MR) is 56.3 cm³/mol. The van der Waals surface area contributed by atoms with E-state index in [0.717, 1.165) is 5.92 Å². The minimum atomic E-state index is 0.376. The molecule has 0 aliphatic heterocycles. The van der Waals surface area contributed by atoms with Crippen molar-refractivity contribution in [3.05, 3.63) is 22.4 Å². The highest BCUT2D eigenvalue weighted by Crippen LogP contribution is 2.36. The third-order valence-corrected chi connectivity index (χ3v) is 3.63. The van der Waals surface area contributed by atoms with Crippen LogP contribution in [0.4, 0.5) is 0 Å². The molecule has 0 aromatic carbocycles. The zero-order valence-electron chi connectivity index (χ0n) is 7.70. The lowest BCUT2D eigenvalue weighted by atomic mass is 10.1. The van der Waals surface area contributed by atoms with E-state index in [1.54, 1.807) is 11.3 Å². The molecule has 0 radical (unpaired) electrons. The molecule has 0 spiro atoms. The van der Waals surface area contributed by atoms with Gasteiger partial charge in [-0.05, 0) is 30.2 Å². The second-order valence-corrected chi connectivity index (χ2v) is 4.73. The lowest BCUT2D eigenvalue weighted by molar-refractivity contribution is 0.488. The van der Waals surface area contributed by atoms with Crippen LogP contribution in [0.1, 0.15) is 36.6 Å². The van der Waals surface area contributed by atoms with Crippen LogP contribution in [0.15, 0.2) is 17.5 Å². The molecule has 3 heteroatoms. The fourth-order valence-electron chi connectivity index (χ4n) is 1.61. The van der Waals surface area contributed by atoms with Gasteiger partial charge < -0.3 is 0 Å². The molecule has 1 heterocycles. The Morgan fingerprint density at radius 2 is 2.46 bits per heavy atom. The summed E-state index contributed by atoms with van der Waals surface area (Å²) in [7, 11) is 0. The van der Waals surface area contributed by atoms with Crippen LogP contribution in [0.3, 0.4) is 0 Å². The lowest BCUT2D eigenvalue weighted by Gasteiger charge is -2.13. The topological polar surface area (TPSA) is 38.0 Å². The Labute approximate surface area is 83.1 Å². The van der Waals surface area contributed by atoms with Crippen molar-refractivity contribution in [2.45, 2.75) is 31.7 Å². The summed E-state index contributed by atoms with van der Waals surface area (Å²) < 4.78 is 0. The summed E-state index contributed by atoms with van der Waals surface area (Å²) in [5, 5.41) is 2.11. The fraction of sp³-hybridized carbons (Fsp3) is 0.600. The minimum Gasteiger partial charge on any atom is -0.271 e. The number of hydrazine groups is 1. The first kappa shape index (κ1) is 9.19. The Balaban J connectivity index is 1.85. The fourth-order valence-corrected chi connectivity index (χ4v) is 2.43. The van der Waals surface area contributed by atoms with Crippen molar-refractivity contribution < 1.29 is 0 Å². The Bertz CT molecular complexity index is 241. The number of rotatable bonds is 5. The van der Waals surface area contributed by atoms with Crippen LogP contribution in [0.5, 0.6) is 0 Å². The van der Waals surface area contributed by atoms with Gasteiger partial charge in [-0.15, -0.1) is 11.3 Å². The summed E-state index contributed by atoms with van der Waals surface area (Å²) in [4.78, 5) is 1.36. The van der Waals surface area contributed by atoms with E-state index in [1.807, 2.05) is 0 Å². The van der Waals surface area contributed by atoms with Crippen LogP contribution >= 0.6 is 11.3 Å². The van der Waals surface area contributed by atoms with Gasteiger partial charge in [0.05, 0.1) is 6.04 Å². The maximum Gasteiger partial charge on any atom is 0.0553 e. The van der Waals surface area contributed by atoms with Gasteiger partial charge in [0.15, 0.2) is 0 Å². The summed E-state index contributed by atoms with van der Waals surface area (Å²) >= 11 is 1.79. The van der Waals surface area contributed by atoms with Crippen molar-refractivity contribution in [3.8, 4) is 0 Å². The lowest BCUT2D eigenvalue weighted by Crippen LogP contribution is -2.27. The first-order valence-corrected chi connectivity index (χ1v) is 5.77. The van der Waals surface area contributed by atoms with E-state index in [2.05, 4.69) is 22.9 Å². The van der Waals surface area contributed by atoms with E-state index in [1.165, 1.54) is 30.6 Å². The van der Waals surface area contributed by atoms with Gasteiger partial charge in [-0.1, -0.05) is 18.9 Å². The minimum absolute atomic E-state index is 0.376. The molecule has 1 saturated carbocycles. The van der Waals surface area contributed by atoms with Crippen molar-refractivity contribution in [2.75, 3.05) is 0 Å². The molecule has 3 N–H and O–H groups in total. The summed E-state index contributed by atoms with van der Waals surface area (Å²) in [6.45, 7) is 0. The highest BCUT2D eigenvalue weighted by atomic mass is 32.1. The van der Waals surface area contributed by atoms with Gasteiger partial charge >= 0.3 is 0 Å². The van der Waals surface area contributed by atoms with Crippen molar-refractivity contribution in [2.24, 2.45) is 11.8 Å².